The van der Waals surface area contributed by atoms with Crippen LogP contribution in [0.2, 0.25) is 5.02 Å². The summed E-state index contributed by atoms with van der Waals surface area (Å²) in [7, 11) is 2.00. The van der Waals surface area contributed by atoms with Gasteiger partial charge in [0, 0.05) is 12.1 Å². The Morgan fingerprint density at radius 2 is 1.88 bits per heavy atom. The molecule has 3 rings (SSSR count). The largest absolute Gasteiger partial charge is 0.390 e. The SMILES string of the molecule is CCN(C)CC(O)Cn1c(-c2ccccc2Cl)nc2ccccc21. The average molecular weight is 344 g/mol. The molecule has 1 heterocycles. The molecule has 1 atom stereocenters. The number of halogens is 1. The van der Waals surface area contributed by atoms with Gasteiger partial charge < -0.3 is 14.6 Å². The molecule has 1 N–H and O–H groups in total. The molecule has 0 amide bonds. The molecule has 1 aromatic heterocycles. The van der Waals surface area contributed by atoms with Crippen LogP contribution in [0.1, 0.15) is 6.92 Å². The van der Waals surface area contributed by atoms with Crippen molar-refractivity contribution in [1.82, 2.24) is 14.5 Å². The zero-order valence-electron chi connectivity index (χ0n) is 14.0. The molecule has 4 nitrogen and oxygen atoms in total. The zero-order chi connectivity index (χ0) is 17.1. The zero-order valence-corrected chi connectivity index (χ0v) is 14.7. The van der Waals surface area contributed by atoms with Crippen LogP contribution in [0.25, 0.3) is 22.4 Å². The highest BCUT2D eigenvalue weighted by Crippen LogP contribution is 2.30. The van der Waals surface area contributed by atoms with Crippen LogP contribution in [0.15, 0.2) is 48.5 Å². The minimum Gasteiger partial charge on any atom is -0.390 e. The predicted molar refractivity (Wildman–Crippen MR) is 99.4 cm³/mol. The van der Waals surface area contributed by atoms with Gasteiger partial charge in [-0.15, -0.1) is 0 Å². The van der Waals surface area contributed by atoms with Gasteiger partial charge in [0.1, 0.15) is 5.82 Å². The lowest BCUT2D eigenvalue weighted by Gasteiger charge is -2.20. The van der Waals surface area contributed by atoms with Crippen molar-refractivity contribution in [2.75, 3.05) is 20.1 Å². The predicted octanol–water partition coefficient (Wildman–Crippen LogP) is 3.67. The van der Waals surface area contributed by atoms with Crippen LogP contribution >= 0.6 is 11.6 Å². The van der Waals surface area contributed by atoms with E-state index in [2.05, 4.69) is 16.4 Å². The van der Waals surface area contributed by atoms with E-state index >= 15 is 0 Å². The van der Waals surface area contributed by atoms with E-state index in [1.165, 1.54) is 0 Å². The van der Waals surface area contributed by atoms with Crippen molar-refractivity contribution < 1.29 is 5.11 Å². The van der Waals surface area contributed by atoms with E-state index in [1.54, 1.807) is 0 Å². The molecule has 24 heavy (non-hydrogen) atoms. The van der Waals surface area contributed by atoms with Crippen molar-refractivity contribution in [3.63, 3.8) is 0 Å². The minimum absolute atomic E-state index is 0.478. The fourth-order valence-electron chi connectivity index (χ4n) is 2.87. The normalized spacial score (nSPS) is 12.9. The minimum atomic E-state index is -0.478. The molecule has 0 fully saturated rings. The van der Waals surface area contributed by atoms with Crippen molar-refractivity contribution in [3.8, 4) is 11.4 Å². The average Bonchev–Trinajstić information content (AvgIpc) is 2.93. The van der Waals surface area contributed by atoms with Crippen molar-refractivity contribution >= 4 is 22.6 Å². The Labute approximate surface area is 147 Å². The van der Waals surface area contributed by atoms with E-state index in [4.69, 9.17) is 16.6 Å². The van der Waals surface area contributed by atoms with Crippen molar-refractivity contribution in [2.24, 2.45) is 0 Å². The molecular formula is C19H22ClN3O. The molecular weight excluding hydrogens is 322 g/mol. The number of aromatic nitrogens is 2. The van der Waals surface area contributed by atoms with Gasteiger partial charge >= 0.3 is 0 Å². The summed E-state index contributed by atoms with van der Waals surface area (Å²) in [6.45, 7) is 4.07. The Morgan fingerprint density at radius 3 is 2.62 bits per heavy atom. The third-order valence-corrected chi connectivity index (χ3v) is 4.55. The first-order valence-electron chi connectivity index (χ1n) is 8.17. The van der Waals surface area contributed by atoms with E-state index < -0.39 is 6.10 Å². The van der Waals surface area contributed by atoms with Gasteiger partial charge in [0.25, 0.3) is 0 Å². The number of para-hydroxylation sites is 2. The number of imidazole rings is 1. The molecule has 0 saturated carbocycles. The second kappa shape index (κ2) is 7.34. The van der Waals surface area contributed by atoms with Gasteiger partial charge in [0.05, 0.1) is 28.7 Å². The highest BCUT2D eigenvalue weighted by molar-refractivity contribution is 6.33. The Hall–Kier alpha value is -1.88. The van der Waals surface area contributed by atoms with E-state index in [-0.39, 0.29) is 0 Å². The molecule has 2 aromatic carbocycles. The van der Waals surface area contributed by atoms with Crippen LogP contribution in [-0.2, 0) is 6.54 Å². The van der Waals surface area contributed by atoms with Crippen molar-refractivity contribution in [2.45, 2.75) is 19.6 Å². The van der Waals surface area contributed by atoms with Gasteiger partial charge in [-0.3, -0.25) is 0 Å². The van der Waals surface area contributed by atoms with Gasteiger partial charge in [-0.25, -0.2) is 4.98 Å². The molecule has 0 bridgehead atoms. The fourth-order valence-corrected chi connectivity index (χ4v) is 3.09. The summed E-state index contributed by atoms with van der Waals surface area (Å²) in [6.07, 6.45) is -0.478. The molecule has 0 radical (unpaired) electrons. The number of likely N-dealkylation sites (N-methyl/N-ethyl adjacent to an activating group) is 1. The van der Waals surface area contributed by atoms with Crippen LogP contribution in [0.3, 0.4) is 0 Å². The molecule has 0 aliphatic carbocycles. The van der Waals surface area contributed by atoms with Gasteiger partial charge in [0.2, 0.25) is 0 Å². The molecule has 3 aromatic rings. The third kappa shape index (κ3) is 3.46. The second-order valence-corrected chi connectivity index (χ2v) is 6.43. The number of hydrogen-bond donors (Lipinski definition) is 1. The molecule has 5 heteroatoms. The lowest BCUT2D eigenvalue weighted by molar-refractivity contribution is 0.113. The van der Waals surface area contributed by atoms with Crippen LogP contribution < -0.4 is 0 Å². The maximum Gasteiger partial charge on any atom is 0.142 e. The molecule has 0 aliphatic heterocycles. The number of hydrogen-bond acceptors (Lipinski definition) is 3. The number of rotatable bonds is 6. The molecule has 126 valence electrons. The maximum atomic E-state index is 10.5. The van der Waals surface area contributed by atoms with Crippen molar-refractivity contribution in [1.29, 1.82) is 0 Å². The van der Waals surface area contributed by atoms with E-state index in [1.807, 2.05) is 55.6 Å². The van der Waals surface area contributed by atoms with Gasteiger partial charge in [0.15, 0.2) is 0 Å². The first-order chi connectivity index (χ1) is 11.6. The quantitative estimate of drug-likeness (QED) is 0.742. The topological polar surface area (TPSA) is 41.3 Å². The van der Waals surface area contributed by atoms with E-state index in [0.717, 1.165) is 29.0 Å². The Kier molecular flexibility index (Phi) is 5.19. The summed E-state index contributed by atoms with van der Waals surface area (Å²) in [5, 5.41) is 11.2. The van der Waals surface area contributed by atoms with Gasteiger partial charge in [-0.2, -0.15) is 0 Å². The molecule has 0 spiro atoms. The number of aliphatic hydroxyl groups is 1. The van der Waals surface area contributed by atoms with Crippen LogP contribution in [-0.4, -0.2) is 45.8 Å². The number of nitrogens with zero attached hydrogens (tertiary/aromatic N) is 3. The summed E-state index contributed by atoms with van der Waals surface area (Å²) < 4.78 is 2.06. The maximum absolute atomic E-state index is 10.5. The lowest BCUT2D eigenvalue weighted by Crippen LogP contribution is -2.32. The Morgan fingerprint density at radius 1 is 1.17 bits per heavy atom. The number of aliphatic hydroxyl groups excluding tert-OH is 1. The van der Waals surface area contributed by atoms with E-state index in [0.29, 0.717) is 18.1 Å². The summed E-state index contributed by atoms with van der Waals surface area (Å²) >= 11 is 6.38. The second-order valence-electron chi connectivity index (χ2n) is 6.02. The van der Waals surface area contributed by atoms with Crippen LogP contribution in [0, 0.1) is 0 Å². The number of fused-ring (bicyclic) bond motifs is 1. The summed E-state index contributed by atoms with van der Waals surface area (Å²) in [6, 6.07) is 15.6. The summed E-state index contributed by atoms with van der Waals surface area (Å²) in [5.41, 5.74) is 2.79. The monoisotopic (exact) mass is 343 g/mol. The van der Waals surface area contributed by atoms with Gasteiger partial charge in [-0.05, 0) is 37.9 Å². The lowest BCUT2D eigenvalue weighted by atomic mass is 10.2. The Bertz CT molecular complexity index is 830. The third-order valence-electron chi connectivity index (χ3n) is 4.22. The highest BCUT2D eigenvalue weighted by Gasteiger charge is 2.17. The van der Waals surface area contributed by atoms with Gasteiger partial charge in [-0.1, -0.05) is 42.8 Å². The highest BCUT2D eigenvalue weighted by atomic mass is 35.5. The molecule has 0 aliphatic rings. The first kappa shape index (κ1) is 17.0. The summed E-state index contributed by atoms with van der Waals surface area (Å²) in [4.78, 5) is 6.85. The number of benzene rings is 2. The summed E-state index contributed by atoms with van der Waals surface area (Å²) in [5.74, 6) is 0.792. The first-order valence-corrected chi connectivity index (χ1v) is 8.54. The Balaban J connectivity index is 2.04. The van der Waals surface area contributed by atoms with E-state index in [9.17, 15) is 5.11 Å². The molecule has 1 unspecified atom stereocenters. The smallest absolute Gasteiger partial charge is 0.142 e. The van der Waals surface area contributed by atoms with Crippen molar-refractivity contribution in [3.05, 3.63) is 53.6 Å². The molecule has 0 saturated heterocycles. The van der Waals surface area contributed by atoms with Crippen LogP contribution in [0.5, 0.6) is 0 Å². The standard InChI is InChI=1S/C19H22ClN3O/c1-3-22(2)12-14(24)13-23-18-11-7-6-10-17(18)21-19(23)15-8-4-5-9-16(15)20/h4-11,14,24H,3,12-13H2,1-2H3. The van der Waals surface area contributed by atoms with Crippen LogP contribution in [0.4, 0.5) is 0 Å². The fraction of sp³-hybridized carbons (Fsp3) is 0.316.